The van der Waals surface area contributed by atoms with E-state index in [2.05, 4.69) is 29.5 Å². The molecular weight excluding hydrogens is 260 g/mol. The molecule has 19 heavy (non-hydrogen) atoms. The lowest BCUT2D eigenvalue weighted by atomic mass is 10.1. The van der Waals surface area contributed by atoms with Gasteiger partial charge in [-0.05, 0) is 32.6 Å². The van der Waals surface area contributed by atoms with Crippen molar-refractivity contribution in [2.24, 2.45) is 5.92 Å². The fourth-order valence-electron chi connectivity index (χ4n) is 1.60. The smallest absolute Gasteiger partial charge is 0.265 e. The molecular formula is C13H24N4OS. The summed E-state index contributed by atoms with van der Waals surface area (Å²) in [5, 5.41) is 6.73. The summed E-state index contributed by atoms with van der Waals surface area (Å²) < 4.78 is 0. The SMILES string of the molecule is CC(C)CCCNC(=O)c1sc(NC(C)C)nc1N. The first-order valence-electron chi connectivity index (χ1n) is 6.71. The summed E-state index contributed by atoms with van der Waals surface area (Å²) in [6, 6.07) is 0.271. The topological polar surface area (TPSA) is 80.0 Å². The summed E-state index contributed by atoms with van der Waals surface area (Å²) in [4.78, 5) is 16.6. The van der Waals surface area contributed by atoms with E-state index in [0.29, 0.717) is 28.3 Å². The van der Waals surface area contributed by atoms with Crippen molar-refractivity contribution in [1.82, 2.24) is 10.3 Å². The molecule has 0 aromatic carbocycles. The molecule has 6 heteroatoms. The molecule has 108 valence electrons. The van der Waals surface area contributed by atoms with Gasteiger partial charge in [-0.15, -0.1) is 0 Å². The van der Waals surface area contributed by atoms with Crippen LogP contribution in [0, 0.1) is 5.92 Å². The van der Waals surface area contributed by atoms with Gasteiger partial charge in [0.05, 0.1) is 0 Å². The van der Waals surface area contributed by atoms with E-state index in [1.165, 1.54) is 11.3 Å². The van der Waals surface area contributed by atoms with Crippen molar-refractivity contribution in [3.8, 4) is 0 Å². The van der Waals surface area contributed by atoms with Crippen LogP contribution in [0.25, 0.3) is 0 Å². The number of carbonyl (C=O) groups excluding carboxylic acids is 1. The van der Waals surface area contributed by atoms with Gasteiger partial charge in [0.2, 0.25) is 0 Å². The lowest BCUT2D eigenvalue weighted by Crippen LogP contribution is -2.24. The van der Waals surface area contributed by atoms with Crippen LogP contribution in [-0.4, -0.2) is 23.5 Å². The molecule has 0 unspecified atom stereocenters. The Morgan fingerprint density at radius 3 is 2.63 bits per heavy atom. The van der Waals surface area contributed by atoms with Crippen molar-refractivity contribution >= 4 is 28.2 Å². The fourth-order valence-corrected chi connectivity index (χ4v) is 2.54. The number of nitrogens with one attached hydrogen (secondary N) is 2. The average Bonchev–Trinajstić information content (AvgIpc) is 2.64. The van der Waals surface area contributed by atoms with Gasteiger partial charge in [-0.3, -0.25) is 4.79 Å². The van der Waals surface area contributed by atoms with Gasteiger partial charge in [0, 0.05) is 12.6 Å². The number of nitrogens with two attached hydrogens (primary N) is 1. The van der Waals surface area contributed by atoms with Crippen LogP contribution in [0.2, 0.25) is 0 Å². The lowest BCUT2D eigenvalue weighted by molar-refractivity contribution is 0.0957. The number of hydrogen-bond donors (Lipinski definition) is 3. The largest absolute Gasteiger partial charge is 0.382 e. The first kappa shape index (κ1) is 15.8. The molecule has 0 saturated heterocycles. The number of anilines is 2. The van der Waals surface area contributed by atoms with Gasteiger partial charge in [0.15, 0.2) is 5.13 Å². The molecule has 1 amide bonds. The van der Waals surface area contributed by atoms with E-state index in [-0.39, 0.29) is 11.9 Å². The average molecular weight is 284 g/mol. The fraction of sp³-hybridized carbons (Fsp3) is 0.692. The first-order chi connectivity index (χ1) is 8.90. The van der Waals surface area contributed by atoms with E-state index in [1.807, 2.05) is 13.8 Å². The Balaban J connectivity index is 2.50. The first-order valence-corrected chi connectivity index (χ1v) is 7.52. The zero-order valence-electron chi connectivity index (χ0n) is 12.1. The highest BCUT2D eigenvalue weighted by Gasteiger charge is 2.16. The number of hydrogen-bond acceptors (Lipinski definition) is 5. The molecule has 0 aliphatic carbocycles. The van der Waals surface area contributed by atoms with Gasteiger partial charge in [-0.2, -0.15) is 0 Å². The third-order valence-electron chi connectivity index (χ3n) is 2.52. The van der Waals surface area contributed by atoms with E-state index < -0.39 is 0 Å². The number of amides is 1. The maximum atomic E-state index is 12.0. The van der Waals surface area contributed by atoms with Crippen molar-refractivity contribution in [3.05, 3.63) is 4.88 Å². The third kappa shape index (κ3) is 5.46. The minimum absolute atomic E-state index is 0.129. The third-order valence-corrected chi connectivity index (χ3v) is 3.52. The second-order valence-corrected chi connectivity index (χ2v) is 6.32. The monoisotopic (exact) mass is 284 g/mol. The molecule has 0 spiro atoms. The summed E-state index contributed by atoms with van der Waals surface area (Å²) in [6.45, 7) is 9.06. The molecule has 5 nitrogen and oxygen atoms in total. The Morgan fingerprint density at radius 1 is 1.37 bits per heavy atom. The second-order valence-electron chi connectivity index (χ2n) is 5.32. The maximum Gasteiger partial charge on any atom is 0.265 e. The van der Waals surface area contributed by atoms with E-state index in [1.54, 1.807) is 0 Å². The minimum atomic E-state index is -0.129. The van der Waals surface area contributed by atoms with Crippen LogP contribution in [0.15, 0.2) is 0 Å². The van der Waals surface area contributed by atoms with Crippen molar-refractivity contribution in [1.29, 1.82) is 0 Å². The maximum absolute atomic E-state index is 12.0. The molecule has 1 rings (SSSR count). The van der Waals surface area contributed by atoms with E-state index in [4.69, 9.17) is 5.73 Å². The van der Waals surface area contributed by atoms with E-state index in [9.17, 15) is 4.79 Å². The van der Waals surface area contributed by atoms with Crippen molar-refractivity contribution in [3.63, 3.8) is 0 Å². The van der Waals surface area contributed by atoms with Gasteiger partial charge in [0.1, 0.15) is 10.7 Å². The van der Waals surface area contributed by atoms with Crippen LogP contribution in [0.4, 0.5) is 10.9 Å². The number of aromatic nitrogens is 1. The predicted octanol–water partition coefficient (Wildman–Crippen LogP) is 2.71. The van der Waals surface area contributed by atoms with Crippen LogP contribution in [0.5, 0.6) is 0 Å². The molecule has 0 fully saturated rings. The van der Waals surface area contributed by atoms with Gasteiger partial charge < -0.3 is 16.4 Å². The van der Waals surface area contributed by atoms with E-state index >= 15 is 0 Å². The lowest BCUT2D eigenvalue weighted by Gasteiger charge is -2.06. The molecule has 0 radical (unpaired) electrons. The number of carbonyl (C=O) groups is 1. The number of nitrogen functional groups attached to an aromatic ring is 1. The number of thiazole rings is 1. The van der Waals surface area contributed by atoms with Crippen molar-refractivity contribution in [2.45, 2.75) is 46.6 Å². The van der Waals surface area contributed by atoms with Crippen LogP contribution in [0.1, 0.15) is 50.2 Å². The highest BCUT2D eigenvalue weighted by Crippen LogP contribution is 2.25. The van der Waals surface area contributed by atoms with Crippen LogP contribution in [-0.2, 0) is 0 Å². The predicted molar refractivity (Wildman–Crippen MR) is 81.7 cm³/mol. The zero-order valence-corrected chi connectivity index (χ0v) is 12.9. The van der Waals surface area contributed by atoms with Crippen molar-refractivity contribution in [2.75, 3.05) is 17.6 Å². The summed E-state index contributed by atoms with van der Waals surface area (Å²) in [7, 11) is 0. The van der Waals surface area contributed by atoms with Gasteiger partial charge in [-0.1, -0.05) is 25.2 Å². The number of nitrogens with zero attached hydrogens (tertiary/aromatic N) is 1. The Kier molecular flexibility index (Phi) is 6.08. The van der Waals surface area contributed by atoms with Gasteiger partial charge in [0.25, 0.3) is 5.91 Å². The summed E-state index contributed by atoms with van der Waals surface area (Å²) in [5.74, 6) is 0.831. The molecule has 4 N–H and O–H groups in total. The summed E-state index contributed by atoms with van der Waals surface area (Å²) in [5.41, 5.74) is 5.77. The molecule has 1 heterocycles. The highest BCUT2D eigenvalue weighted by atomic mass is 32.1. The van der Waals surface area contributed by atoms with Crippen LogP contribution >= 0.6 is 11.3 Å². The van der Waals surface area contributed by atoms with Gasteiger partial charge >= 0.3 is 0 Å². The molecule has 0 aliphatic heterocycles. The Bertz CT molecular complexity index is 415. The molecule has 0 saturated carbocycles. The molecule has 1 aromatic rings. The Morgan fingerprint density at radius 2 is 2.05 bits per heavy atom. The molecule has 0 aliphatic rings. The molecule has 0 bridgehead atoms. The zero-order chi connectivity index (χ0) is 14.4. The summed E-state index contributed by atoms with van der Waals surface area (Å²) in [6.07, 6.45) is 2.10. The minimum Gasteiger partial charge on any atom is -0.382 e. The normalized spacial score (nSPS) is 11.1. The molecule has 0 atom stereocenters. The number of rotatable bonds is 7. The van der Waals surface area contributed by atoms with E-state index in [0.717, 1.165) is 12.8 Å². The summed E-state index contributed by atoms with van der Waals surface area (Å²) >= 11 is 1.30. The molecule has 1 aromatic heterocycles. The second kappa shape index (κ2) is 7.33. The van der Waals surface area contributed by atoms with Crippen molar-refractivity contribution < 1.29 is 4.79 Å². The Hall–Kier alpha value is -1.30. The standard InChI is InChI=1S/C13H24N4OS/c1-8(2)6-5-7-15-12(18)10-11(14)17-13(19-10)16-9(3)4/h8-9H,5-7,14H2,1-4H3,(H,15,18)(H,16,17). The Labute approximate surface area is 119 Å². The highest BCUT2D eigenvalue weighted by molar-refractivity contribution is 7.18. The van der Waals surface area contributed by atoms with Crippen LogP contribution in [0.3, 0.4) is 0 Å². The van der Waals surface area contributed by atoms with Gasteiger partial charge in [-0.25, -0.2) is 4.98 Å². The quantitative estimate of drug-likeness (QED) is 0.673. The van der Waals surface area contributed by atoms with Crippen LogP contribution < -0.4 is 16.4 Å².